The molecule has 0 radical (unpaired) electrons. The van der Waals surface area contributed by atoms with Crippen molar-refractivity contribution in [1.82, 2.24) is 9.80 Å². The molecule has 0 aromatic heterocycles. The summed E-state index contributed by atoms with van der Waals surface area (Å²) in [6, 6.07) is 0. The Labute approximate surface area is 88.6 Å². The molecule has 1 rings (SSSR count). The van der Waals surface area contributed by atoms with Gasteiger partial charge < -0.3 is 4.90 Å². The van der Waals surface area contributed by atoms with Gasteiger partial charge in [0, 0.05) is 38.6 Å². The highest BCUT2D eigenvalue weighted by atomic mass is 35.5. The van der Waals surface area contributed by atoms with Gasteiger partial charge >= 0.3 is 0 Å². The van der Waals surface area contributed by atoms with Gasteiger partial charge in [-0.15, -0.1) is 23.2 Å². The zero-order valence-corrected chi connectivity index (χ0v) is 9.02. The minimum atomic E-state index is 0.0344. The van der Waals surface area contributed by atoms with Gasteiger partial charge in [0.1, 0.15) is 5.88 Å². The third-order valence-corrected chi connectivity index (χ3v) is 2.64. The van der Waals surface area contributed by atoms with Gasteiger partial charge in [-0.3, -0.25) is 9.69 Å². The minimum Gasteiger partial charge on any atom is -0.339 e. The van der Waals surface area contributed by atoms with E-state index in [9.17, 15) is 4.79 Å². The molecule has 1 heterocycles. The van der Waals surface area contributed by atoms with Crippen LogP contribution in [-0.4, -0.2) is 60.2 Å². The second kappa shape index (κ2) is 5.68. The third-order valence-electron chi connectivity index (χ3n) is 2.24. The van der Waals surface area contributed by atoms with E-state index < -0.39 is 0 Å². The smallest absolute Gasteiger partial charge is 0.237 e. The number of alkyl halides is 2. The van der Waals surface area contributed by atoms with E-state index in [0.717, 1.165) is 32.7 Å². The second-order valence-electron chi connectivity index (χ2n) is 3.05. The summed E-state index contributed by atoms with van der Waals surface area (Å²) < 4.78 is 0. The molecule has 1 fully saturated rings. The van der Waals surface area contributed by atoms with E-state index in [0.29, 0.717) is 5.88 Å². The summed E-state index contributed by atoms with van der Waals surface area (Å²) in [7, 11) is 0. The van der Waals surface area contributed by atoms with E-state index in [1.165, 1.54) is 0 Å². The van der Waals surface area contributed by atoms with Crippen molar-refractivity contribution in [2.75, 3.05) is 44.5 Å². The van der Waals surface area contributed by atoms with E-state index in [1.54, 1.807) is 4.90 Å². The fraction of sp³-hybridized carbons (Fsp3) is 0.875. The predicted octanol–water partition coefficient (Wildman–Crippen LogP) is 0.608. The van der Waals surface area contributed by atoms with Gasteiger partial charge in [0.2, 0.25) is 5.91 Å². The highest BCUT2D eigenvalue weighted by molar-refractivity contribution is 6.27. The Morgan fingerprint density at radius 1 is 1.15 bits per heavy atom. The Morgan fingerprint density at radius 2 is 1.77 bits per heavy atom. The molecule has 0 aromatic carbocycles. The number of hydrogen-bond acceptors (Lipinski definition) is 2. The summed E-state index contributed by atoms with van der Waals surface area (Å²) >= 11 is 11.1. The summed E-state index contributed by atoms with van der Waals surface area (Å²) in [5.41, 5.74) is 0. The molecule has 0 aliphatic carbocycles. The van der Waals surface area contributed by atoms with E-state index in [1.807, 2.05) is 0 Å². The van der Waals surface area contributed by atoms with Gasteiger partial charge in [0.15, 0.2) is 0 Å². The fourth-order valence-electron chi connectivity index (χ4n) is 1.42. The van der Waals surface area contributed by atoms with Crippen molar-refractivity contribution in [3.05, 3.63) is 0 Å². The zero-order valence-electron chi connectivity index (χ0n) is 7.51. The van der Waals surface area contributed by atoms with E-state index >= 15 is 0 Å². The van der Waals surface area contributed by atoms with Crippen LogP contribution in [0.4, 0.5) is 0 Å². The van der Waals surface area contributed by atoms with Crippen molar-refractivity contribution in [1.29, 1.82) is 0 Å². The summed E-state index contributed by atoms with van der Waals surface area (Å²) in [6.07, 6.45) is 0. The Balaban J connectivity index is 2.26. The molecule has 0 spiro atoms. The summed E-state index contributed by atoms with van der Waals surface area (Å²) in [6.45, 7) is 4.29. The maximum atomic E-state index is 11.2. The number of carbonyl (C=O) groups excluding carboxylic acids is 1. The topological polar surface area (TPSA) is 23.6 Å². The van der Waals surface area contributed by atoms with Gasteiger partial charge in [-0.05, 0) is 0 Å². The maximum absolute atomic E-state index is 11.2. The third kappa shape index (κ3) is 3.33. The molecule has 0 bridgehead atoms. The quantitative estimate of drug-likeness (QED) is 0.657. The van der Waals surface area contributed by atoms with Crippen LogP contribution in [0, 0.1) is 0 Å². The first-order chi connectivity index (χ1) is 6.27. The first-order valence-corrected chi connectivity index (χ1v) is 5.47. The van der Waals surface area contributed by atoms with Gasteiger partial charge in [0.05, 0.1) is 0 Å². The van der Waals surface area contributed by atoms with Crippen LogP contribution in [0.1, 0.15) is 0 Å². The lowest BCUT2D eigenvalue weighted by Gasteiger charge is -2.33. The number of hydrogen-bond donors (Lipinski definition) is 0. The maximum Gasteiger partial charge on any atom is 0.237 e. The summed E-state index contributed by atoms with van der Waals surface area (Å²) in [4.78, 5) is 15.2. The number of amides is 1. The molecule has 13 heavy (non-hydrogen) atoms. The number of carbonyl (C=O) groups is 1. The molecule has 1 amide bonds. The van der Waals surface area contributed by atoms with Gasteiger partial charge in [-0.1, -0.05) is 0 Å². The van der Waals surface area contributed by atoms with E-state index in [2.05, 4.69) is 4.90 Å². The first-order valence-electron chi connectivity index (χ1n) is 4.40. The molecule has 1 saturated heterocycles. The van der Waals surface area contributed by atoms with Crippen LogP contribution < -0.4 is 0 Å². The Morgan fingerprint density at radius 3 is 2.23 bits per heavy atom. The Kier molecular flexibility index (Phi) is 4.84. The van der Waals surface area contributed by atoms with Crippen LogP contribution in [0.3, 0.4) is 0 Å². The van der Waals surface area contributed by atoms with Crippen molar-refractivity contribution < 1.29 is 4.79 Å². The van der Waals surface area contributed by atoms with Crippen LogP contribution in [0.2, 0.25) is 0 Å². The SMILES string of the molecule is O=C(CCl)N1CCN(CCCl)CC1. The van der Waals surface area contributed by atoms with Crippen molar-refractivity contribution >= 4 is 29.1 Å². The van der Waals surface area contributed by atoms with E-state index in [-0.39, 0.29) is 11.8 Å². The molecule has 1 aliphatic rings. The molecule has 3 nitrogen and oxygen atoms in total. The predicted molar refractivity (Wildman–Crippen MR) is 54.5 cm³/mol. The van der Waals surface area contributed by atoms with Crippen molar-refractivity contribution in [3.8, 4) is 0 Å². The van der Waals surface area contributed by atoms with Crippen LogP contribution in [0.25, 0.3) is 0 Å². The van der Waals surface area contributed by atoms with Gasteiger partial charge in [-0.2, -0.15) is 0 Å². The first kappa shape index (κ1) is 11.1. The van der Waals surface area contributed by atoms with Crippen molar-refractivity contribution in [3.63, 3.8) is 0 Å². The molecule has 0 unspecified atom stereocenters. The lowest BCUT2D eigenvalue weighted by atomic mass is 10.3. The Bertz CT molecular complexity index is 170. The largest absolute Gasteiger partial charge is 0.339 e. The average molecular weight is 225 g/mol. The monoisotopic (exact) mass is 224 g/mol. The summed E-state index contributed by atoms with van der Waals surface area (Å²) in [5, 5.41) is 0. The molecular formula is C8H14Cl2N2O. The molecule has 0 N–H and O–H groups in total. The van der Waals surface area contributed by atoms with Crippen LogP contribution in [-0.2, 0) is 4.79 Å². The number of halogens is 2. The number of piperazine rings is 1. The fourth-order valence-corrected chi connectivity index (χ4v) is 1.83. The van der Waals surface area contributed by atoms with Crippen molar-refractivity contribution in [2.24, 2.45) is 0 Å². The number of rotatable bonds is 3. The Hall–Kier alpha value is 0.01000. The van der Waals surface area contributed by atoms with Crippen LogP contribution in [0.5, 0.6) is 0 Å². The highest BCUT2D eigenvalue weighted by Crippen LogP contribution is 2.02. The van der Waals surface area contributed by atoms with E-state index in [4.69, 9.17) is 23.2 Å². The molecule has 0 aromatic rings. The molecule has 76 valence electrons. The van der Waals surface area contributed by atoms with Crippen LogP contribution >= 0.6 is 23.2 Å². The molecule has 5 heteroatoms. The summed E-state index contributed by atoms with van der Waals surface area (Å²) in [5.74, 6) is 0.783. The van der Waals surface area contributed by atoms with Crippen molar-refractivity contribution in [2.45, 2.75) is 0 Å². The molecule has 0 atom stereocenters. The molecule has 0 saturated carbocycles. The normalized spacial score (nSPS) is 19.1. The molecular weight excluding hydrogens is 211 g/mol. The molecule has 1 aliphatic heterocycles. The zero-order chi connectivity index (χ0) is 9.68. The standard InChI is InChI=1S/C8H14Cl2N2O/c9-1-2-11-3-5-12(6-4-11)8(13)7-10/h1-7H2. The lowest BCUT2D eigenvalue weighted by Crippen LogP contribution is -2.49. The lowest BCUT2D eigenvalue weighted by molar-refractivity contribution is -0.130. The average Bonchev–Trinajstić information content (AvgIpc) is 2.18. The second-order valence-corrected chi connectivity index (χ2v) is 3.69. The highest BCUT2D eigenvalue weighted by Gasteiger charge is 2.19. The minimum absolute atomic E-state index is 0.0344. The van der Waals surface area contributed by atoms with Crippen LogP contribution in [0.15, 0.2) is 0 Å². The van der Waals surface area contributed by atoms with Gasteiger partial charge in [0.25, 0.3) is 0 Å². The number of nitrogens with zero attached hydrogens (tertiary/aromatic N) is 2. The van der Waals surface area contributed by atoms with Gasteiger partial charge in [-0.25, -0.2) is 0 Å².